The molecule has 0 unspecified atom stereocenters. The van der Waals surface area contributed by atoms with Crippen molar-refractivity contribution in [1.82, 2.24) is 14.5 Å². The summed E-state index contributed by atoms with van der Waals surface area (Å²) < 4.78 is 7.81. The van der Waals surface area contributed by atoms with Crippen molar-refractivity contribution >= 4 is 16.9 Å². The molecule has 6 nitrogen and oxygen atoms in total. The lowest BCUT2D eigenvalue weighted by molar-refractivity contribution is -0.146. The van der Waals surface area contributed by atoms with Gasteiger partial charge in [0.15, 0.2) is 0 Å². The number of piperidine rings is 1. The number of β-amino-alcohol motifs (C(OH)–C–C–N with tert-alkyl or cyclic N) is 1. The Labute approximate surface area is 158 Å². The van der Waals surface area contributed by atoms with E-state index in [0.717, 1.165) is 16.8 Å². The first kappa shape index (κ1) is 17.5. The first-order valence-electron chi connectivity index (χ1n) is 9.15. The number of fused-ring (bicyclic) bond motifs is 1. The number of carbonyl (C=O) groups excluding carboxylic acids is 1. The van der Waals surface area contributed by atoms with E-state index < -0.39 is 5.60 Å². The van der Waals surface area contributed by atoms with Gasteiger partial charge >= 0.3 is 0 Å². The molecule has 1 aromatic heterocycles. The van der Waals surface area contributed by atoms with Gasteiger partial charge in [-0.2, -0.15) is 0 Å². The van der Waals surface area contributed by atoms with Gasteiger partial charge in [0.05, 0.1) is 23.9 Å². The van der Waals surface area contributed by atoms with Crippen molar-refractivity contribution < 1.29 is 14.6 Å². The van der Waals surface area contributed by atoms with Crippen LogP contribution in [-0.2, 0) is 11.3 Å². The van der Waals surface area contributed by atoms with Crippen LogP contribution >= 0.6 is 0 Å². The average Bonchev–Trinajstić information content (AvgIpc) is 3.07. The minimum atomic E-state index is -1.11. The van der Waals surface area contributed by atoms with Crippen LogP contribution in [0.4, 0.5) is 0 Å². The van der Waals surface area contributed by atoms with Gasteiger partial charge in [0.1, 0.15) is 24.0 Å². The van der Waals surface area contributed by atoms with Crippen molar-refractivity contribution in [1.29, 1.82) is 0 Å². The van der Waals surface area contributed by atoms with Crippen molar-refractivity contribution in [3.63, 3.8) is 0 Å². The van der Waals surface area contributed by atoms with E-state index in [9.17, 15) is 9.90 Å². The summed E-state index contributed by atoms with van der Waals surface area (Å²) in [7, 11) is 0. The minimum Gasteiger partial charge on any atom is -0.487 e. The third-order valence-electron chi connectivity index (χ3n) is 5.07. The summed E-state index contributed by atoms with van der Waals surface area (Å²) >= 11 is 0. The van der Waals surface area contributed by atoms with Crippen LogP contribution in [0.25, 0.3) is 11.0 Å². The van der Waals surface area contributed by atoms with Gasteiger partial charge in [-0.3, -0.25) is 4.79 Å². The molecule has 1 fully saturated rings. The van der Waals surface area contributed by atoms with Crippen molar-refractivity contribution in [2.75, 3.05) is 13.1 Å². The maximum Gasteiger partial charge on any atom is 0.242 e. The first-order chi connectivity index (χ1) is 13.0. The van der Waals surface area contributed by atoms with E-state index in [2.05, 4.69) is 4.98 Å². The maximum atomic E-state index is 12.8. The van der Waals surface area contributed by atoms with Crippen LogP contribution in [-0.4, -0.2) is 50.3 Å². The molecule has 6 heteroatoms. The summed E-state index contributed by atoms with van der Waals surface area (Å²) in [5, 5.41) is 10.9. The van der Waals surface area contributed by atoms with Gasteiger partial charge in [-0.15, -0.1) is 0 Å². The third-order valence-corrected chi connectivity index (χ3v) is 5.07. The molecule has 27 heavy (non-hydrogen) atoms. The highest BCUT2D eigenvalue weighted by Gasteiger charge is 2.41. The average molecular weight is 365 g/mol. The van der Waals surface area contributed by atoms with E-state index in [4.69, 9.17) is 4.74 Å². The lowest BCUT2D eigenvalue weighted by Gasteiger charge is -2.42. The molecule has 3 aromatic rings. The number of carbonyl (C=O) groups is 1. The van der Waals surface area contributed by atoms with Gasteiger partial charge in [0.25, 0.3) is 0 Å². The number of amides is 1. The second kappa shape index (κ2) is 7.04. The number of rotatable bonds is 4. The Morgan fingerprint density at radius 2 is 1.96 bits per heavy atom. The molecule has 140 valence electrons. The number of aliphatic hydroxyl groups is 1. The fourth-order valence-electron chi connectivity index (χ4n) is 3.60. The standard InChI is InChI=1S/C21H23N3O3/c1-21(26)14-23(12-11-19(21)27-16-7-3-2-4-8-16)20(25)13-24-15-22-17-9-5-6-10-18(17)24/h2-10,15,19,26H,11-14H2,1H3/t19-,21-/m0/s1. The van der Waals surface area contributed by atoms with Gasteiger partial charge in [-0.25, -0.2) is 4.98 Å². The normalized spacial score (nSPS) is 22.7. The zero-order chi connectivity index (χ0) is 18.9. The summed E-state index contributed by atoms with van der Waals surface area (Å²) in [5.74, 6) is 0.698. The van der Waals surface area contributed by atoms with Crippen molar-refractivity contribution in [2.45, 2.75) is 31.6 Å². The first-order valence-corrected chi connectivity index (χ1v) is 9.15. The molecule has 1 aliphatic heterocycles. The highest BCUT2D eigenvalue weighted by molar-refractivity contribution is 5.80. The second-order valence-electron chi connectivity index (χ2n) is 7.24. The monoisotopic (exact) mass is 365 g/mol. The van der Waals surface area contributed by atoms with Gasteiger partial charge < -0.3 is 19.3 Å². The highest BCUT2D eigenvalue weighted by Crippen LogP contribution is 2.26. The maximum absolute atomic E-state index is 12.8. The lowest BCUT2D eigenvalue weighted by Crippen LogP contribution is -2.58. The van der Waals surface area contributed by atoms with Crippen LogP contribution in [0.15, 0.2) is 60.9 Å². The number of nitrogens with zero attached hydrogens (tertiary/aromatic N) is 3. The summed E-state index contributed by atoms with van der Waals surface area (Å²) in [5.41, 5.74) is 0.688. The molecule has 0 radical (unpaired) electrons. The van der Waals surface area contributed by atoms with Crippen LogP contribution in [0.3, 0.4) is 0 Å². The molecule has 0 aliphatic carbocycles. The van der Waals surface area contributed by atoms with E-state index in [-0.39, 0.29) is 25.1 Å². The van der Waals surface area contributed by atoms with Crippen molar-refractivity contribution in [3.05, 3.63) is 60.9 Å². The number of hydrogen-bond acceptors (Lipinski definition) is 4. The zero-order valence-electron chi connectivity index (χ0n) is 15.3. The Morgan fingerprint density at radius 1 is 1.22 bits per heavy atom. The summed E-state index contributed by atoms with van der Waals surface area (Å²) in [4.78, 5) is 18.8. The summed E-state index contributed by atoms with van der Waals surface area (Å²) in [6.07, 6.45) is 1.92. The molecule has 2 atom stereocenters. The number of aromatic nitrogens is 2. The lowest BCUT2D eigenvalue weighted by atomic mass is 9.91. The molecule has 1 saturated heterocycles. The van der Waals surface area contributed by atoms with Crippen LogP contribution in [0, 0.1) is 0 Å². The zero-order valence-corrected chi connectivity index (χ0v) is 15.3. The van der Waals surface area contributed by atoms with E-state index in [1.807, 2.05) is 59.2 Å². The van der Waals surface area contributed by atoms with Crippen LogP contribution in [0.5, 0.6) is 5.75 Å². The molecule has 2 heterocycles. The van der Waals surface area contributed by atoms with Crippen LogP contribution in [0.2, 0.25) is 0 Å². The summed E-state index contributed by atoms with van der Waals surface area (Å²) in [6, 6.07) is 17.2. The molecular weight excluding hydrogens is 342 g/mol. The molecule has 1 N–H and O–H groups in total. The van der Waals surface area contributed by atoms with E-state index in [1.54, 1.807) is 18.2 Å². The van der Waals surface area contributed by atoms with Gasteiger partial charge in [0, 0.05) is 13.0 Å². The topological polar surface area (TPSA) is 67.6 Å². The van der Waals surface area contributed by atoms with Crippen molar-refractivity contribution in [3.8, 4) is 5.75 Å². The Balaban J connectivity index is 1.43. The minimum absolute atomic E-state index is 0.0309. The SMILES string of the molecule is C[C@]1(O)CN(C(=O)Cn2cnc3ccccc32)CC[C@@H]1Oc1ccccc1. The molecule has 1 aliphatic rings. The Morgan fingerprint density at radius 3 is 2.74 bits per heavy atom. The molecular formula is C21H23N3O3. The molecule has 0 spiro atoms. The Kier molecular flexibility index (Phi) is 4.58. The van der Waals surface area contributed by atoms with Gasteiger partial charge in [0.2, 0.25) is 5.91 Å². The number of para-hydroxylation sites is 3. The molecule has 2 aromatic carbocycles. The number of likely N-dealkylation sites (tertiary alicyclic amines) is 1. The number of benzene rings is 2. The number of ether oxygens (including phenoxy) is 1. The molecule has 0 saturated carbocycles. The fraction of sp³-hybridized carbons (Fsp3) is 0.333. The largest absolute Gasteiger partial charge is 0.487 e. The predicted molar refractivity (Wildman–Crippen MR) is 102 cm³/mol. The van der Waals surface area contributed by atoms with Gasteiger partial charge in [-0.05, 0) is 31.2 Å². The quantitative estimate of drug-likeness (QED) is 0.771. The van der Waals surface area contributed by atoms with Crippen LogP contribution < -0.4 is 4.74 Å². The smallest absolute Gasteiger partial charge is 0.242 e. The Bertz CT molecular complexity index is 936. The van der Waals surface area contributed by atoms with E-state index in [0.29, 0.717) is 13.0 Å². The Hall–Kier alpha value is -2.86. The predicted octanol–water partition coefficient (Wildman–Crippen LogP) is 2.47. The second-order valence-corrected chi connectivity index (χ2v) is 7.24. The third kappa shape index (κ3) is 3.66. The summed E-state index contributed by atoms with van der Waals surface area (Å²) in [6.45, 7) is 2.74. The molecule has 1 amide bonds. The number of imidazole rings is 1. The van der Waals surface area contributed by atoms with Gasteiger partial charge in [-0.1, -0.05) is 30.3 Å². The highest BCUT2D eigenvalue weighted by atomic mass is 16.5. The van der Waals surface area contributed by atoms with Crippen LogP contribution in [0.1, 0.15) is 13.3 Å². The fourth-order valence-corrected chi connectivity index (χ4v) is 3.60. The molecule has 4 rings (SSSR count). The van der Waals surface area contributed by atoms with E-state index >= 15 is 0 Å². The number of hydrogen-bond donors (Lipinski definition) is 1. The molecule has 0 bridgehead atoms. The van der Waals surface area contributed by atoms with E-state index in [1.165, 1.54) is 0 Å². The van der Waals surface area contributed by atoms with Crippen molar-refractivity contribution in [2.24, 2.45) is 0 Å².